The first-order valence-corrected chi connectivity index (χ1v) is 8.16. The van der Waals surface area contributed by atoms with E-state index in [1.54, 1.807) is 6.07 Å². The number of aryl methyl sites for hydroxylation is 2. The number of rotatable bonds is 5. The Morgan fingerprint density at radius 3 is 2.24 bits per heavy atom. The van der Waals surface area contributed by atoms with Gasteiger partial charge in [0.2, 0.25) is 0 Å². The topological polar surface area (TPSA) is 0 Å². The van der Waals surface area contributed by atoms with Gasteiger partial charge in [0, 0.05) is 4.83 Å². The van der Waals surface area contributed by atoms with Crippen molar-refractivity contribution in [2.75, 3.05) is 0 Å². The zero-order chi connectivity index (χ0) is 15.4. The summed E-state index contributed by atoms with van der Waals surface area (Å²) < 4.78 is 26.3. The van der Waals surface area contributed by atoms with Crippen molar-refractivity contribution < 1.29 is 8.78 Å². The van der Waals surface area contributed by atoms with E-state index >= 15 is 0 Å². The van der Waals surface area contributed by atoms with Gasteiger partial charge >= 0.3 is 0 Å². The smallest absolute Gasteiger partial charge is 0.159 e. The standard InChI is InChI=1S/C18H19BrF2/c1-3-12-5-7-14(4-2)15(9-12)16(19)10-13-6-8-17(20)18(21)11-13/h5-9,11,16H,3-4,10H2,1-2H3. The molecular weight excluding hydrogens is 334 g/mol. The molecule has 0 aromatic heterocycles. The summed E-state index contributed by atoms with van der Waals surface area (Å²) in [6, 6.07) is 10.6. The first-order valence-electron chi connectivity index (χ1n) is 7.24. The Hall–Kier alpha value is -1.22. The summed E-state index contributed by atoms with van der Waals surface area (Å²) >= 11 is 3.70. The number of alkyl halides is 1. The molecule has 112 valence electrons. The zero-order valence-corrected chi connectivity index (χ0v) is 13.9. The Bertz CT molecular complexity index is 623. The molecule has 0 aliphatic rings. The van der Waals surface area contributed by atoms with E-state index in [-0.39, 0.29) is 4.83 Å². The lowest BCUT2D eigenvalue weighted by atomic mass is 9.95. The molecule has 0 amide bonds. The quantitative estimate of drug-likeness (QED) is 0.599. The normalized spacial score (nSPS) is 12.4. The van der Waals surface area contributed by atoms with Crippen LogP contribution in [0.5, 0.6) is 0 Å². The van der Waals surface area contributed by atoms with E-state index in [2.05, 4.69) is 48.0 Å². The van der Waals surface area contributed by atoms with E-state index in [0.29, 0.717) is 6.42 Å². The number of hydrogen-bond donors (Lipinski definition) is 0. The summed E-state index contributed by atoms with van der Waals surface area (Å²) in [5, 5.41) is 0. The molecule has 2 aromatic rings. The molecule has 0 N–H and O–H groups in total. The van der Waals surface area contributed by atoms with Crippen LogP contribution in [0.15, 0.2) is 36.4 Å². The molecule has 2 rings (SSSR count). The van der Waals surface area contributed by atoms with E-state index in [0.717, 1.165) is 18.4 Å². The predicted octanol–water partition coefficient (Wildman–Crippen LogP) is 5.77. The van der Waals surface area contributed by atoms with Gasteiger partial charge in [-0.2, -0.15) is 0 Å². The molecule has 0 bridgehead atoms. The van der Waals surface area contributed by atoms with Crippen molar-refractivity contribution in [1.82, 2.24) is 0 Å². The lowest BCUT2D eigenvalue weighted by molar-refractivity contribution is 0.507. The monoisotopic (exact) mass is 352 g/mol. The number of hydrogen-bond acceptors (Lipinski definition) is 0. The second-order valence-corrected chi connectivity index (χ2v) is 6.27. The van der Waals surface area contributed by atoms with Crippen LogP contribution in [-0.2, 0) is 19.3 Å². The van der Waals surface area contributed by atoms with Gasteiger partial charge < -0.3 is 0 Å². The number of halogens is 3. The summed E-state index contributed by atoms with van der Waals surface area (Å²) in [7, 11) is 0. The Morgan fingerprint density at radius 2 is 1.62 bits per heavy atom. The van der Waals surface area contributed by atoms with Crippen LogP contribution in [0, 0.1) is 11.6 Å². The Morgan fingerprint density at radius 1 is 0.905 bits per heavy atom. The van der Waals surface area contributed by atoms with E-state index in [9.17, 15) is 8.78 Å². The molecule has 0 saturated heterocycles. The van der Waals surface area contributed by atoms with Gasteiger partial charge in [-0.1, -0.05) is 54.0 Å². The minimum atomic E-state index is -0.799. The van der Waals surface area contributed by atoms with Gasteiger partial charge in [0.05, 0.1) is 0 Å². The molecule has 2 aromatic carbocycles. The fourth-order valence-corrected chi connectivity index (χ4v) is 3.26. The van der Waals surface area contributed by atoms with Gasteiger partial charge in [0.25, 0.3) is 0 Å². The predicted molar refractivity (Wildman–Crippen MR) is 86.9 cm³/mol. The molecule has 1 unspecified atom stereocenters. The molecule has 0 radical (unpaired) electrons. The molecule has 21 heavy (non-hydrogen) atoms. The van der Waals surface area contributed by atoms with Gasteiger partial charge in [-0.25, -0.2) is 8.78 Å². The third kappa shape index (κ3) is 3.91. The highest BCUT2D eigenvalue weighted by Crippen LogP contribution is 2.31. The van der Waals surface area contributed by atoms with Crippen LogP contribution >= 0.6 is 15.9 Å². The lowest BCUT2D eigenvalue weighted by Crippen LogP contribution is -2.02. The van der Waals surface area contributed by atoms with Gasteiger partial charge in [-0.3, -0.25) is 0 Å². The first kappa shape index (κ1) is 16.2. The third-order valence-electron chi connectivity index (χ3n) is 3.74. The summed E-state index contributed by atoms with van der Waals surface area (Å²) in [5.74, 6) is -1.59. The van der Waals surface area contributed by atoms with Crippen LogP contribution in [0.4, 0.5) is 8.78 Å². The number of benzene rings is 2. The van der Waals surface area contributed by atoms with Crippen molar-refractivity contribution in [3.63, 3.8) is 0 Å². The van der Waals surface area contributed by atoms with Gasteiger partial charge in [-0.05, 0) is 53.6 Å². The highest BCUT2D eigenvalue weighted by molar-refractivity contribution is 9.09. The second-order valence-electron chi connectivity index (χ2n) is 5.16. The van der Waals surface area contributed by atoms with Crippen LogP contribution in [0.25, 0.3) is 0 Å². The molecule has 0 heterocycles. The summed E-state index contributed by atoms with van der Waals surface area (Å²) in [5.41, 5.74) is 4.61. The SMILES string of the molecule is CCc1ccc(CC)c(C(Br)Cc2ccc(F)c(F)c2)c1. The molecule has 0 nitrogen and oxygen atoms in total. The van der Waals surface area contributed by atoms with E-state index < -0.39 is 11.6 Å². The maximum Gasteiger partial charge on any atom is 0.159 e. The van der Waals surface area contributed by atoms with E-state index in [1.807, 2.05) is 0 Å². The molecule has 3 heteroatoms. The lowest BCUT2D eigenvalue weighted by Gasteiger charge is -2.16. The second kappa shape index (κ2) is 7.17. The van der Waals surface area contributed by atoms with Crippen molar-refractivity contribution >= 4 is 15.9 Å². The van der Waals surface area contributed by atoms with E-state index in [4.69, 9.17) is 0 Å². The van der Waals surface area contributed by atoms with Crippen molar-refractivity contribution in [3.8, 4) is 0 Å². The van der Waals surface area contributed by atoms with Gasteiger partial charge in [0.1, 0.15) is 0 Å². The molecule has 1 atom stereocenters. The molecule has 0 aliphatic heterocycles. The molecule has 0 fully saturated rings. The molecule has 0 saturated carbocycles. The fraction of sp³-hybridized carbons (Fsp3) is 0.333. The van der Waals surface area contributed by atoms with Gasteiger partial charge in [-0.15, -0.1) is 0 Å². The van der Waals surface area contributed by atoms with Crippen LogP contribution in [0.3, 0.4) is 0 Å². The van der Waals surface area contributed by atoms with Crippen molar-refractivity contribution in [2.45, 2.75) is 37.9 Å². The third-order valence-corrected chi connectivity index (χ3v) is 4.55. The molecule has 0 aliphatic carbocycles. The van der Waals surface area contributed by atoms with Crippen LogP contribution in [-0.4, -0.2) is 0 Å². The van der Waals surface area contributed by atoms with Crippen LogP contribution < -0.4 is 0 Å². The Balaban J connectivity index is 2.26. The summed E-state index contributed by atoms with van der Waals surface area (Å²) in [6.07, 6.45) is 2.58. The Labute approximate surface area is 133 Å². The zero-order valence-electron chi connectivity index (χ0n) is 12.3. The molecular formula is C18H19BrF2. The van der Waals surface area contributed by atoms with Crippen LogP contribution in [0.2, 0.25) is 0 Å². The van der Waals surface area contributed by atoms with Crippen molar-refractivity contribution in [3.05, 3.63) is 70.3 Å². The highest BCUT2D eigenvalue weighted by Gasteiger charge is 2.14. The maximum atomic E-state index is 13.3. The maximum absolute atomic E-state index is 13.3. The fourth-order valence-electron chi connectivity index (χ4n) is 2.46. The largest absolute Gasteiger partial charge is 0.204 e. The Kier molecular flexibility index (Phi) is 5.51. The average Bonchev–Trinajstić information content (AvgIpc) is 2.50. The summed E-state index contributed by atoms with van der Waals surface area (Å²) in [4.78, 5) is 0.101. The van der Waals surface area contributed by atoms with Crippen LogP contribution in [0.1, 0.15) is 40.9 Å². The average molecular weight is 353 g/mol. The summed E-state index contributed by atoms with van der Waals surface area (Å²) in [6.45, 7) is 4.26. The van der Waals surface area contributed by atoms with E-state index in [1.165, 1.54) is 28.8 Å². The molecule has 0 spiro atoms. The van der Waals surface area contributed by atoms with Gasteiger partial charge in [0.15, 0.2) is 11.6 Å². The first-order chi connectivity index (χ1) is 10.0. The van der Waals surface area contributed by atoms with Crippen molar-refractivity contribution in [1.29, 1.82) is 0 Å². The minimum Gasteiger partial charge on any atom is -0.204 e. The highest BCUT2D eigenvalue weighted by atomic mass is 79.9. The minimum absolute atomic E-state index is 0.101. The van der Waals surface area contributed by atoms with Crippen molar-refractivity contribution in [2.24, 2.45) is 0 Å².